The molecule has 0 spiro atoms. The molecule has 0 saturated carbocycles. The number of nitrogens with zero attached hydrogens (tertiary/aromatic N) is 1. The van der Waals surface area contributed by atoms with Gasteiger partial charge in [0.15, 0.2) is 0 Å². The molecule has 2 heteroatoms. The highest BCUT2D eigenvalue weighted by molar-refractivity contribution is 6.13. The lowest BCUT2D eigenvalue weighted by Crippen LogP contribution is -2.10. The zero-order valence-corrected chi connectivity index (χ0v) is 34.0. The Morgan fingerprint density at radius 1 is 0.242 bits per heavy atom. The molecule has 0 radical (unpaired) electrons. The van der Waals surface area contributed by atoms with Crippen LogP contribution in [0.4, 0.5) is 17.1 Å². The lowest BCUT2D eigenvalue weighted by molar-refractivity contribution is 0.669. The molecule has 1 aromatic heterocycles. The first kappa shape index (κ1) is 36.8. The summed E-state index contributed by atoms with van der Waals surface area (Å²) in [6, 6.07) is 89.0. The van der Waals surface area contributed by atoms with Crippen molar-refractivity contribution in [3.8, 4) is 66.8 Å². The summed E-state index contributed by atoms with van der Waals surface area (Å²) in [5.41, 5.74) is 19.2. The maximum Gasteiger partial charge on any atom is 0.136 e. The monoisotopic (exact) mass is 791 g/mol. The summed E-state index contributed by atoms with van der Waals surface area (Å²) in [6.07, 6.45) is 0. The van der Waals surface area contributed by atoms with Gasteiger partial charge in [0, 0.05) is 27.8 Å². The molecule has 0 N–H and O–H groups in total. The molecular weight excluding hydrogens is 751 g/mol. The SMILES string of the molecule is c1ccc(-c2ccc(N(c3ccc(-c4ccc(-c5cccc6oc7ccccc7c56)c(-c5ccccc5)c4)cc3)c3ccc(-c4ccccc4)c(-c4ccccc4)c3)cc2)cc1. The number of rotatable bonds is 9. The molecule has 62 heavy (non-hydrogen) atoms. The van der Waals surface area contributed by atoms with Crippen molar-refractivity contribution in [1.29, 1.82) is 0 Å². The lowest BCUT2D eigenvalue weighted by Gasteiger charge is -2.27. The minimum absolute atomic E-state index is 0.896. The van der Waals surface area contributed by atoms with Gasteiger partial charge in [0.05, 0.1) is 0 Å². The highest BCUT2D eigenvalue weighted by Crippen LogP contribution is 2.44. The van der Waals surface area contributed by atoms with Gasteiger partial charge < -0.3 is 9.32 Å². The Kier molecular flexibility index (Phi) is 9.57. The molecule has 0 unspecified atom stereocenters. The third-order valence-corrected chi connectivity index (χ3v) is 11.9. The summed E-state index contributed by atoms with van der Waals surface area (Å²) < 4.78 is 6.32. The highest BCUT2D eigenvalue weighted by Gasteiger charge is 2.19. The predicted octanol–water partition coefficient (Wildman–Crippen LogP) is 17.1. The van der Waals surface area contributed by atoms with Gasteiger partial charge in [-0.25, -0.2) is 0 Å². The van der Waals surface area contributed by atoms with Crippen LogP contribution in [0, 0.1) is 0 Å². The molecule has 0 aliphatic carbocycles. The van der Waals surface area contributed by atoms with Crippen LogP contribution in [-0.4, -0.2) is 0 Å². The molecule has 2 nitrogen and oxygen atoms in total. The number of anilines is 3. The van der Waals surface area contributed by atoms with E-state index in [0.717, 1.165) is 55.7 Å². The molecule has 0 bridgehead atoms. The number of hydrogen-bond acceptors (Lipinski definition) is 2. The zero-order valence-electron chi connectivity index (χ0n) is 34.0. The summed E-state index contributed by atoms with van der Waals surface area (Å²) in [5, 5.41) is 2.27. The van der Waals surface area contributed by atoms with Gasteiger partial charge in [-0.1, -0.05) is 194 Å². The van der Waals surface area contributed by atoms with Crippen molar-refractivity contribution >= 4 is 39.0 Å². The van der Waals surface area contributed by atoms with Crippen LogP contribution in [0.1, 0.15) is 0 Å². The van der Waals surface area contributed by atoms with E-state index >= 15 is 0 Å². The third kappa shape index (κ3) is 6.94. The smallest absolute Gasteiger partial charge is 0.136 e. The maximum absolute atomic E-state index is 6.32. The number of fused-ring (bicyclic) bond motifs is 3. The average Bonchev–Trinajstić information content (AvgIpc) is 3.75. The summed E-state index contributed by atoms with van der Waals surface area (Å²) in [5.74, 6) is 0. The fourth-order valence-corrected chi connectivity index (χ4v) is 8.90. The molecular formula is C60H41NO. The van der Waals surface area contributed by atoms with Crippen molar-refractivity contribution in [2.45, 2.75) is 0 Å². The van der Waals surface area contributed by atoms with Gasteiger partial charge >= 0.3 is 0 Å². The van der Waals surface area contributed by atoms with Crippen LogP contribution in [0.15, 0.2) is 253 Å². The van der Waals surface area contributed by atoms with E-state index in [9.17, 15) is 0 Å². The molecule has 0 fully saturated rings. The van der Waals surface area contributed by atoms with E-state index in [-0.39, 0.29) is 0 Å². The number of hydrogen-bond donors (Lipinski definition) is 0. The van der Waals surface area contributed by atoms with Crippen LogP contribution < -0.4 is 4.90 Å². The van der Waals surface area contributed by atoms with E-state index in [1.165, 1.54) is 50.1 Å². The quantitative estimate of drug-likeness (QED) is 0.145. The third-order valence-electron chi connectivity index (χ3n) is 11.9. The first-order valence-corrected chi connectivity index (χ1v) is 21.2. The Labute approximate surface area is 362 Å². The van der Waals surface area contributed by atoms with E-state index in [1.807, 2.05) is 12.1 Å². The molecule has 11 rings (SSSR count). The summed E-state index contributed by atoms with van der Waals surface area (Å²) in [4.78, 5) is 2.37. The van der Waals surface area contributed by atoms with Crippen molar-refractivity contribution < 1.29 is 4.42 Å². The maximum atomic E-state index is 6.32. The standard InChI is InChI=1S/C60H41NO/c1-5-16-42(17-6-1)43-28-33-49(34-29-43)61(51-37-39-52(45-18-7-2-8-19-45)57(41-51)47-22-11-4-12-23-47)50-35-30-44(31-36-50)48-32-38-53(56(40-48)46-20-9-3-10-21-46)54-25-15-27-59-60(54)55-24-13-14-26-58(55)62-59/h1-41H. The Morgan fingerprint density at radius 3 is 1.29 bits per heavy atom. The van der Waals surface area contributed by atoms with Gasteiger partial charge in [0.1, 0.15) is 11.2 Å². The molecule has 1 heterocycles. The number of benzene rings is 10. The van der Waals surface area contributed by atoms with Crippen molar-refractivity contribution in [3.63, 3.8) is 0 Å². The second kappa shape index (κ2) is 16.1. The van der Waals surface area contributed by atoms with E-state index in [1.54, 1.807) is 0 Å². The second-order valence-corrected chi connectivity index (χ2v) is 15.7. The van der Waals surface area contributed by atoms with Crippen molar-refractivity contribution in [3.05, 3.63) is 249 Å². The van der Waals surface area contributed by atoms with Crippen LogP contribution in [0.25, 0.3) is 88.7 Å². The fourth-order valence-electron chi connectivity index (χ4n) is 8.90. The van der Waals surface area contributed by atoms with Gasteiger partial charge in [0.25, 0.3) is 0 Å². The van der Waals surface area contributed by atoms with Gasteiger partial charge in [-0.15, -0.1) is 0 Å². The molecule has 0 aliphatic heterocycles. The van der Waals surface area contributed by atoms with Gasteiger partial charge in [0.2, 0.25) is 0 Å². The minimum atomic E-state index is 0.896. The molecule has 0 amide bonds. The predicted molar refractivity (Wildman–Crippen MR) is 261 cm³/mol. The normalized spacial score (nSPS) is 11.2. The van der Waals surface area contributed by atoms with E-state index < -0.39 is 0 Å². The Bertz CT molecular complexity index is 3300. The molecule has 0 saturated heterocycles. The Balaban J connectivity index is 1.03. The largest absolute Gasteiger partial charge is 0.456 e. The van der Waals surface area contributed by atoms with Gasteiger partial charge in [-0.05, 0) is 121 Å². The second-order valence-electron chi connectivity index (χ2n) is 15.7. The summed E-state index contributed by atoms with van der Waals surface area (Å²) in [6.45, 7) is 0. The minimum Gasteiger partial charge on any atom is -0.456 e. The molecule has 292 valence electrons. The van der Waals surface area contributed by atoms with Crippen molar-refractivity contribution in [1.82, 2.24) is 0 Å². The fraction of sp³-hybridized carbons (Fsp3) is 0. The molecule has 11 aromatic rings. The Morgan fingerprint density at radius 2 is 0.677 bits per heavy atom. The number of furan rings is 1. The highest BCUT2D eigenvalue weighted by atomic mass is 16.3. The van der Waals surface area contributed by atoms with Gasteiger partial charge in [-0.2, -0.15) is 0 Å². The molecule has 0 atom stereocenters. The van der Waals surface area contributed by atoms with Crippen molar-refractivity contribution in [2.75, 3.05) is 4.90 Å². The van der Waals surface area contributed by atoms with Crippen LogP contribution >= 0.6 is 0 Å². The lowest BCUT2D eigenvalue weighted by atomic mass is 9.89. The summed E-state index contributed by atoms with van der Waals surface area (Å²) in [7, 11) is 0. The van der Waals surface area contributed by atoms with Crippen LogP contribution in [-0.2, 0) is 0 Å². The van der Waals surface area contributed by atoms with Crippen LogP contribution in [0.2, 0.25) is 0 Å². The summed E-state index contributed by atoms with van der Waals surface area (Å²) >= 11 is 0. The Hall–Kier alpha value is -8.20. The van der Waals surface area contributed by atoms with E-state index in [2.05, 4.69) is 241 Å². The zero-order chi connectivity index (χ0) is 41.2. The molecule has 0 aliphatic rings. The van der Waals surface area contributed by atoms with Crippen LogP contribution in [0.5, 0.6) is 0 Å². The van der Waals surface area contributed by atoms with E-state index in [0.29, 0.717) is 0 Å². The van der Waals surface area contributed by atoms with Gasteiger partial charge in [-0.3, -0.25) is 0 Å². The molecule has 10 aromatic carbocycles. The van der Waals surface area contributed by atoms with Crippen LogP contribution in [0.3, 0.4) is 0 Å². The van der Waals surface area contributed by atoms with Crippen molar-refractivity contribution in [2.24, 2.45) is 0 Å². The van der Waals surface area contributed by atoms with E-state index in [4.69, 9.17) is 4.42 Å². The average molecular weight is 792 g/mol. The first-order valence-electron chi connectivity index (χ1n) is 21.2. The topological polar surface area (TPSA) is 16.4 Å². The number of para-hydroxylation sites is 1. The first-order chi connectivity index (χ1) is 30.7.